The first kappa shape index (κ1) is 14.3. The number of nitrogens with one attached hydrogen (secondary N) is 1. The standard InChI is InChI=1S/C14H16BrN3S/c1-2-6-16-12-5-7-17-13(8-12)10-19-14-4-3-11(15)9-18-14/h3-5,7-9H,2,6,10H2,1H3,(H,16,17). The molecule has 2 aromatic rings. The molecule has 0 unspecified atom stereocenters. The largest absolute Gasteiger partial charge is 0.385 e. The molecule has 0 fully saturated rings. The first-order valence-corrected chi connectivity index (χ1v) is 7.99. The summed E-state index contributed by atoms with van der Waals surface area (Å²) >= 11 is 5.08. The van der Waals surface area contributed by atoms with E-state index in [-0.39, 0.29) is 0 Å². The quantitative estimate of drug-likeness (QED) is 0.795. The highest BCUT2D eigenvalue weighted by Crippen LogP contribution is 2.22. The number of hydrogen-bond acceptors (Lipinski definition) is 4. The number of halogens is 1. The van der Waals surface area contributed by atoms with Gasteiger partial charge in [0.25, 0.3) is 0 Å². The molecule has 0 aliphatic carbocycles. The fourth-order valence-corrected chi connectivity index (χ4v) is 2.51. The van der Waals surface area contributed by atoms with Crippen LogP contribution in [0.25, 0.3) is 0 Å². The van der Waals surface area contributed by atoms with Crippen molar-refractivity contribution in [3.05, 3.63) is 46.8 Å². The van der Waals surface area contributed by atoms with Crippen LogP contribution in [-0.4, -0.2) is 16.5 Å². The predicted molar refractivity (Wildman–Crippen MR) is 84.5 cm³/mol. The Balaban J connectivity index is 1.93. The number of rotatable bonds is 6. The first-order chi connectivity index (χ1) is 9.28. The Morgan fingerprint density at radius 2 is 2.16 bits per heavy atom. The first-order valence-electron chi connectivity index (χ1n) is 6.21. The zero-order valence-corrected chi connectivity index (χ0v) is 13.2. The average molecular weight is 338 g/mol. The highest BCUT2D eigenvalue weighted by molar-refractivity contribution is 9.10. The van der Waals surface area contributed by atoms with Crippen molar-refractivity contribution in [1.29, 1.82) is 0 Å². The number of aromatic nitrogens is 2. The Kier molecular flexibility index (Phi) is 5.66. The van der Waals surface area contributed by atoms with Crippen LogP contribution in [0, 0.1) is 0 Å². The third-order valence-corrected chi connectivity index (χ3v) is 3.91. The van der Waals surface area contributed by atoms with E-state index in [1.807, 2.05) is 30.6 Å². The molecule has 3 nitrogen and oxygen atoms in total. The van der Waals surface area contributed by atoms with Crippen LogP contribution in [0.15, 0.2) is 46.2 Å². The lowest BCUT2D eigenvalue weighted by molar-refractivity contribution is 0.977. The lowest BCUT2D eigenvalue weighted by Gasteiger charge is -2.06. The molecular weight excluding hydrogens is 322 g/mol. The van der Waals surface area contributed by atoms with Gasteiger partial charge in [-0.15, -0.1) is 11.8 Å². The van der Waals surface area contributed by atoms with E-state index in [4.69, 9.17) is 0 Å². The predicted octanol–water partition coefficient (Wildman–Crippen LogP) is 4.35. The van der Waals surface area contributed by atoms with Crippen LogP contribution in [0.5, 0.6) is 0 Å². The number of nitrogens with zero attached hydrogens (tertiary/aromatic N) is 2. The highest BCUT2D eigenvalue weighted by Gasteiger charge is 2.00. The molecule has 0 aliphatic heterocycles. The van der Waals surface area contributed by atoms with E-state index in [1.54, 1.807) is 11.8 Å². The van der Waals surface area contributed by atoms with E-state index in [9.17, 15) is 0 Å². The third kappa shape index (κ3) is 4.84. The number of thioether (sulfide) groups is 1. The van der Waals surface area contributed by atoms with Gasteiger partial charge in [0.15, 0.2) is 0 Å². The van der Waals surface area contributed by atoms with Crippen LogP contribution in [0.1, 0.15) is 19.0 Å². The molecule has 19 heavy (non-hydrogen) atoms. The van der Waals surface area contributed by atoms with E-state index in [1.165, 1.54) is 0 Å². The molecule has 0 amide bonds. The maximum absolute atomic E-state index is 4.38. The van der Waals surface area contributed by atoms with E-state index in [2.05, 4.69) is 44.2 Å². The summed E-state index contributed by atoms with van der Waals surface area (Å²) in [5.74, 6) is 0.830. The molecular formula is C14H16BrN3S. The summed E-state index contributed by atoms with van der Waals surface area (Å²) < 4.78 is 1.00. The SMILES string of the molecule is CCCNc1ccnc(CSc2ccc(Br)cn2)c1. The molecule has 5 heteroatoms. The van der Waals surface area contributed by atoms with Crippen molar-refractivity contribution in [3.8, 4) is 0 Å². The maximum Gasteiger partial charge on any atom is 0.0964 e. The van der Waals surface area contributed by atoms with Gasteiger partial charge in [-0.2, -0.15) is 0 Å². The van der Waals surface area contributed by atoms with E-state index in [0.717, 1.165) is 39.6 Å². The monoisotopic (exact) mass is 337 g/mol. The lowest BCUT2D eigenvalue weighted by Crippen LogP contribution is -2.00. The molecule has 0 radical (unpaired) electrons. The van der Waals surface area contributed by atoms with Crippen molar-refractivity contribution in [2.24, 2.45) is 0 Å². The number of anilines is 1. The summed E-state index contributed by atoms with van der Waals surface area (Å²) in [6.07, 6.45) is 4.78. The maximum atomic E-state index is 4.38. The van der Waals surface area contributed by atoms with Gasteiger partial charge in [0.05, 0.1) is 10.7 Å². The molecule has 0 saturated carbocycles. The van der Waals surface area contributed by atoms with Gasteiger partial charge < -0.3 is 5.32 Å². The normalized spacial score (nSPS) is 10.4. The molecule has 0 aromatic carbocycles. The summed E-state index contributed by atoms with van der Waals surface area (Å²) in [5.41, 5.74) is 2.20. The minimum Gasteiger partial charge on any atom is -0.385 e. The smallest absolute Gasteiger partial charge is 0.0964 e. The van der Waals surface area contributed by atoms with Crippen molar-refractivity contribution in [2.45, 2.75) is 24.1 Å². The number of hydrogen-bond donors (Lipinski definition) is 1. The molecule has 1 N–H and O–H groups in total. The molecule has 0 spiro atoms. The fraction of sp³-hybridized carbons (Fsp3) is 0.286. The average Bonchev–Trinajstić information content (AvgIpc) is 2.45. The van der Waals surface area contributed by atoms with Crippen LogP contribution in [0.2, 0.25) is 0 Å². The van der Waals surface area contributed by atoms with Gasteiger partial charge in [-0.05, 0) is 46.6 Å². The minimum absolute atomic E-state index is 0.830. The van der Waals surface area contributed by atoms with E-state index >= 15 is 0 Å². The summed E-state index contributed by atoms with van der Waals surface area (Å²) in [5, 5.41) is 4.38. The molecule has 0 aliphatic rings. The fourth-order valence-electron chi connectivity index (χ4n) is 1.53. The van der Waals surface area contributed by atoms with Gasteiger partial charge in [0.1, 0.15) is 0 Å². The van der Waals surface area contributed by atoms with Crippen LogP contribution in [0.3, 0.4) is 0 Å². The van der Waals surface area contributed by atoms with Crippen LogP contribution < -0.4 is 5.32 Å². The van der Waals surface area contributed by atoms with Crippen molar-refractivity contribution in [1.82, 2.24) is 9.97 Å². The highest BCUT2D eigenvalue weighted by atomic mass is 79.9. The zero-order chi connectivity index (χ0) is 13.5. The Morgan fingerprint density at radius 1 is 1.26 bits per heavy atom. The van der Waals surface area contributed by atoms with Crippen LogP contribution in [0.4, 0.5) is 5.69 Å². The molecule has 2 rings (SSSR count). The summed E-state index contributed by atoms with van der Waals surface area (Å²) in [7, 11) is 0. The van der Waals surface area contributed by atoms with Crippen LogP contribution in [-0.2, 0) is 5.75 Å². The minimum atomic E-state index is 0.830. The Bertz CT molecular complexity index is 516. The molecule has 100 valence electrons. The third-order valence-electron chi connectivity index (χ3n) is 2.46. The van der Waals surface area contributed by atoms with Crippen molar-refractivity contribution in [3.63, 3.8) is 0 Å². The van der Waals surface area contributed by atoms with Crippen LogP contribution >= 0.6 is 27.7 Å². The second-order valence-electron chi connectivity index (χ2n) is 4.07. The second kappa shape index (κ2) is 7.50. The van der Waals surface area contributed by atoms with Gasteiger partial charge in [-0.3, -0.25) is 4.98 Å². The van der Waals surface area contributed by atoms with Crippen molar-refractivity contribution in [2.75, 3.05) is 11.9 Å². The van der Waals surface area contributed by atoms with Gasteiger partial charge in [0.2, 0.25) is 0 Å². The van der Waals surface area contributed by atoms with Gasteiger partial charge in [-0.1, -0.05) is 6.92 Å². The van der Waals surface area contributed by atoms with E-state index < -0.39 is 0 Å². The molecule has 2 heterocycles. The van der Waals surface area contributed by atoms with Gasteiger partial charge >= 0.3 is 0 Å². The van der Waals surface area contributed by atoms with Gasteiger partial charge in [0, 0.05) is 34.9 Å². The summed E-state index contributed by atoms with van der Waals surface area (Å²) in [6, 6.07) is 8.11. The molecule has 0 atom stereocenters. The molecule has 2 aromatic heterocycles. The molecule has 0 bridgehead atoms. The zero-order valence-electron chi connectivity index (χ0n) is 10.8. The lowest BCUT2D eigenvalue weighted by atomic mass is 10.3. The summed E-state index contributed by atoms with van der Waals surface area (Å²) in [6.45, 7) is 3.15. The Morgan fingerprint density at radius 3 is 2.89 bits per heavy atom. The Hall–Kier alpha value is -1.07. The van der Waals surface area contributed by atoms with Crippen molar-refractivity contribution >= 4 is 33.4 Å². The van der Waals surface area contributed by atoms with E-state index in [0.29, 0.717) is 0 Å². The Labute approximate surface area is 126 Å². The molecule has 0 saturated heterocycles. The van der Waals surface area contributed by atoms with Crippen molar-refractivity contribution < 1.29 is 0 Å². The summed E-state index contributed by atoms with van der Waals surface area (Å²) in [4.78, 5) is 8.72. The second-order valence-corrected chi connectivity index (χ2v) is 5.98. The number of pyridine rings is 2. The van der Waals surface area contributed by atoms with Gasteiger partial charge in [-0.25, -0.2) is 4.98 Å². The topological polar surface area (TPSA) is 37.8 Å².